The molecule has 30 heavy (non-hydrogen) atoms. The van der Waals surface area contributed by atoms with Gasteiger partial charge in [-0.3, -0.25) is 0 Å². The summed E-state index contributed by atoms with van der Waals surface area (Å²) in [7, 11) is 0. The number of carbonyl (C=O) groups excluding carboxylic acids is 2. The number of urea groups is 1. The van der Waals surface area contributed by atoms with Crippen molar-refractivity contribution in [3.8, 4) is 5.75 Å². The minimum atomic E-state index is -0.527. The first kappa shape index (κ1) is 23.8. The Bertz CT molecular complexity index is 693. The summed E-state index contributed by atoms with van der Waals surface area (Å²) in [5, 5.41) is 2.94. The van der Waals surface area contributed by atoms with Gasteiger partial charge in [0.05, 0.1) is 5.69 Å². The number of hydrogen-bond acceptors (Lipinski definition) is 5. The average molecular weight is 421 g/mol. The largest absolute Gasteiger partial charge is 0.490 e. The fourth-order valence-corrected chi connectivity index (χ4v) is 3.13. The van der Waals surface area contributed by atoms with Gasteiger partial charge in [-0.25, -0.2) is 9.59 Å². The van der Waals surface area contributed by atoms with Crippen LogP contribution < -0.4 is 10.1 Å². The monoisotopic (exact) mass is 420 g/mol. The first-order chi connectivity index (χ1) is 14.2. The highest BCUT2D eigenvalue weighted by atomic mass is 16.6. The Labute approximate surface area is 180 Å². The molecule has 0 aromatic heterocycles. The van der Waals surface area contributed by atoms with Crippen molar-refractivity contribution in [3.63, 3.8) is 0 Å². The van der Waals surface area contributed by atoms with Crippen LogP contribution in [0.5, 0.6) is 5.75 Å². The molecule has 0 saturated carbocycles. The Morgan fingerprint density at radius 2 is 1.63 bits per heavy atom. The van der Waals surface area contributed by atoms with Gasteiger partial charge in [-0.2, -0.15) is 0 Å². The normalized spacial score (nSPS) is 14.6. The SMILES string of the molecule is CCN(CC)CCOc1ccccc1NC(=O)N1CCN(C(=O)OC(C)(C)C)CC1. The van der Waals surface area contributed by atoms with Gasteiger partial charge in [0, 0.05) is 32.7 Å². The Hall–Kier alpha value is -2.48. The summed E-state index contributed by atoms with van der Waals surface area (Å²) in [6, 6.07) is 7.26. The number of rotatable bonds is 7. The summed E-state index contributed by atoms with van der Waals surface area (Å²) in [4.78, 5) is 30.5. The summed E-state index contributed by atoms with van der Waals surface area (Å²) in [5.41, 5.74) is 0.122. The van der Waals surface area contributed by atoms with Crippen molar-refractivity contribution in [1.29, 1.82) is 0 Å². The molecule has 0 atom stereocenters. The van der Waals surface area contributed by atoms with Gasteiger partial charge >= 0.3 is 12.1 Å². The van der Waals surface area contributed by atoms with Crippen LogP contribution >= 0.6 is 0 Å². The molecule has 3 amide bonds. The molecule has 0 spiro atoms. The molecule has 0 bridgehead atoms. The van der Waals surface area contributed by atoms with Crippen LogP contribution in [0.3, 0.4) is 0 Å². The Morgan fingerprint density at radius 1 is 1.03 bits per heavy atom. The molecular weight excluding hydrogens is 384 g/mol. The Kier molecular flexibility index (Phi) is 8.77. The number of anilines is 1. The van der Waals surface area contributed by atoms with Crippen LogP contribution in [0, 0.1) is 0 Å². The number of benzene rings is 1. The predicted octanol–water partition coefficient (Wildman–Crippen LogP) is 3.49. The van der Waals surface area contributed by atoms with E-state index in [-0.39, 0.29) is 12.1 Å². The second-order valence-corrected chi connectivity index (χ2v) is 8.26. The number of piperazine rings is 1. The van der Waals surface area contributed by atoms with Gasteiger partial charge in [-0.15, -0.1) is 0 Å². The molecule has 1 heterocycles. The highest BCUT2D eigenvalue weighted by molar-refractivity contribution is 5.91. The van der Waals surface area contributed by atoms with Gasteiger partial charge in [-0.05, 0) is 46.0 Å². The molecule has 8 nitrogen and oxygen atoms in total. The third-order valence-electron chi connectivity index (χ3n) is 4.91. The standard InChI is InChI=1S/C22H36N4O4/c1-6-24(7-2)16-17-29-19-11-9-8-10-18(19)23-20(27)25-12-14-26(15-13-25)21(28)30-22(3,4)5/h8-11H,6-7,12-17H2,1-5H3,(H,23,27). The summed E-state index contributed by atoms with van der Waals surface area (Å²) in [5.74, 6) is 0.658. The zero-order valence-corrected chi connectivity index (χ0v) is 18.9. The summed E-state index contributed by atoms with van der Waals surface area (Å²) >= 11 is 0. The molecule has 1 aliphatic heterocycles. The van der Waals surface area contributed by atoms with Crippen molar-refractivity contribution < 1.29 is 19.1 Å². The first-order valence-electron chi connectivity index (χ1n) is 10.7. The van der Waals surface area contributed by atoms with Crippen molar-refractivity contribution >= 4 is 17.8 Å². The molecule has 1 aliphatic rings. The highest BCUT2D eigenvalue weighted by Gasteiger charge is 2.27. The van der Waals surface area contributed by atoms with E-state index in [4.69, 9.17) is 9.47 Å². The minimum Gasteiger partial charge on any atom is -0.490 e. The van der Waals surface area contributed by atoms with E-state index in [9.17, 15) is 9.59 Å². The predicted molar refractivity (Wildman–Crippen MR) is 118 cm³/mol. The van der Waals surface area contributed by atoms with Crippen LogP contribution in [0.15, 0.2) is 24.3 Å². The molecule has 1 aromatic rings. The number of amides is 3. The maximum atomic E-state index is 12.7. The quantitative estimate of drug-likeness (QED) is 0.731. The first-order valence-corrected chi connectivity index (χ1v) is 10.7. The number of para-hydroxylation sites is 2. The number of likely N-dealkylation sites (N-methyl/N-ethyl adjacent to an activating group) is 1. The van der Waals surface area contributed by atoms with E-state index in [1.54, 1.807) is 9.80 Å². The Balaban J connectivity index is 1.86. The van der Waals surface area contributed by atoms with E-state index in [0.717, 1.165) is 19.6 Å². The lowest BCUT2D eigenvalue weighted by Crippen LogP contribution is -2.52. The van der Waals surface area contributed by atoms with Crippen LogP contribution in [0.1, 0.15) is 34.6 Å². The van der Waals surface area contributed by atoms with Crippen LogP contribution in [0.2, 0.25) is 0 Å². The fourth-order valence-electron chi connectivity index (χ4n) is 3.13. The van der Waals surface area contributed by atoms with Crippen molar-refractivity contribution in [3.05, 3.63) is 24.3 Å². The zero-order valence-electron chi connectivity index (χ0n) is 18.9. The zero-order chi connectivity index (χ0) is 22.1. The molecule has 2 rings (SSSR count). The van der Waals surface area contributed by atoms with E-state index in [1.165, 1.54) is 0 Å². The second-order valence-electron chi connectivity index (χ2n) is 8.26. The van der Waals surface area contributed by atoms with Gasteiger partial charge in [0.15, 0.2) is 0 Å². The third kappa shape index (κ3) is 7.40. The summed E-state index contributed by atoms with van der Waals surface area (Å²) in [6.45, 7) is 14.9. The molecule has 168 valence electrons. The molecule has 1 N–H and O–H groups in total. The number of hydrogen-bond donors (Lipinski definition) is 1. The molecular formula is C22H36N4O4. The second kappa shape index (κ2) is 11.1. The van der Waals surface area contributed by atoms with E-state index >= 15 is 0 Å². The van der Waals surface area contributed by atoms with E-state index in [2.05, 4.69) is 24.1 Å². The van der Waals surface area contributed by atoms with E-state index in [0.29, 0.717) is 44.2 Å². The molecule has 1 aromatic carbocycles. The van der Waals surface area contributed by atoms with Crippen LogP contribution in [0.4, 0.5) is 15.3 Å². The van der Waals surface area contributed by atoms with Crippen LogP contribution in [-0.2, 0) is 4.74 Å². The third-order valence-corrected chi connectivity index (χ3v) is 4.91. The van der Waals surface area contributed by atoms with Gasteiger partial charge in [-0.1, -0.05) is 26.0 Å². The molecule has 1 fully saturated rings. The maximum Gasteiger partial charge on any atom is 0.410 e. The van der Waals surface area contributed by atoms with Crippen LogP contribution in [-0.4, -0.2) is 84.8 Å². The van der Waals surface area contributed by atoms with Crippen LogP contribution in [0.25, 0.3) is 0 Å². The molecule has 0 radical (unpaired) electrons. The van der Waals surface area contributed by atoms with Gasteiger partial charge in [0.2, 0.25) is 0 Å². The molecule has 0 unspecified atom stereocenters. The fraction of sp³-hybridized carbons (Fsp3) is 0.636. The lowest BCUT2D eigenvalue weighted by Gasteiger charge is -2.35. The maximum absolute atomic E-state index is 12.7. The van der Waals surface area contributed by atoms with Crippen molar-refractivity contribution in [2.24, 2.45) is 0 Å². The van der Waals surface area contributed by atoms with Crippen molar-refractivity contribution in [1.82, 2.24) is 14.7 Å². The minimum absolute atomic E-state index is 0.196. The van der Waals surface area contributed by atoms with Crippen molar-refractivity contribution in [2.75, 3.05) is 57.7 Å². The highest BCUT2D eigenvalue weighted by Crippen LogP contribution is 2.24. The number of nitrogens with one attached hydrogen (secondary N) is 1. The number of carbonyl (C=O) groups is 2. The topological polar surface area (TPSA) is 74.4 Å². The number of nitrogens with zero attached hydrogens (tertiary/aromatic N) is 3. The van der Waals surface area contributed by atoms with Crippen molar-refractivity contribution in [2.45, 2.75) is 40.2 Å². The Morgan fingerprint density at radius 3 is 2.23 bits per heavy atom. The van der Waals surface area contributed by atoms with E-state index in [1.807, 2.05) is 45.0 Å². The number of ether oxygens (including phenoxy) is 2. The smallest absolute Gasteiger partial charge is 0.410 e. The van der Waals surface area contributed by atoms with Gasteiger partial charge in [0.25, 0.3) is 0 Å². The van der Waals surface area contributed by atoms with E-state index < -0.39 is 5.60 Å². The summed E-state index contributed by atoms with van der Waals surface area (Å²) in [6.07, 6.45) is -0.338. The lowest BCUT2D eigenvalue weighted by molar-refractivity contribution is 0.0174. The molecule has 8 heteroatoms. The van der Waals surface area contributed by atoms with Gasteiger partial charge < -0.3 is 29.5 Å². The molecule has 0 aliphatic carbocycles. The average Bonchev–Trinajstić information content (AvgIpc) is 2.71. The van der Waals surface area contributed by atoms with Gasteiger partial charge in [0.1, 0.15) is 18.0 Å². The summed E-state index contributed by atoms with van der Waals surface area (Å²) < 4.78 is 11.3. The molecule has 1 saturated heterocycles. The lowest BCUT2D eigenvalue weighted by atomic mass is 10.2.